The third-order valence-electron chi connectivity index (χ3n) is 4.34. The maximum Gasteiger partial charge on any atom is 0.379 e. The van der Waals surface area contributed by atoms with E-state index in [9.17, 15) is 19.2 Å². The van der Waals surface area contributed by atoms with Crippen molar-refractivity contribution in [1.82, 2.24) is 5.32 Å². The van der Waals surface area contributed by atoms with Gasteiger partial charge >= 0.3 is 11.9 Å². The SMILES string of the molecule is COc1cc(C(=N)N)ccc1OC(=O)c1ccc(CCC(=O)N[C@@H](CC(=O)O)C(C)=O)o1. The fourth-order valence-electron chi connectivity index (χ4n) is 2.67. The topological polar surface area (TPSA) is 182 Å². The predicted octanol–water partition coefficient (Wildman–Crippen LogP) is 1.27. The molecule has 0 bridgehead atoms. The number of ketones is 1. The number of aryl methyl sites for hydroxylation is 1. The monoisotopic (exact) mass is 445 g/mol. The summed E-state index contributed by atoms with van der Waals surface area (Å²) in [6.45, 7) is 1.20. The molecule has 2 rings (SSSR count). The fraction of sp³-hybridized carbons (Fsp3) is 0.286. The zero-order valence-electron chi connectivity index (χ0n) is 17.5. The molecular weight excluding hydrogens is 422 g/mol. The van der Waals surface area contributed by atoms with Crippen molar-refractivity contribution in [1.29, 1.82) is 5.41 Å². The number of carboxylic acid groups (broad SMARTS) is 1. The number of rotatable bonds is 11. The summed E-state index contributed by atoms with van der Waals surface area (Å²) >= 11 is 0. The van der Waals surface area contributed by atoms with Gasteiger partial charge in [-0.25, -0.2) is 4.79 Å². The Morgan fingerprint density at radius 1 is 1.19 bits per heavy atom. The number of nitrogen functional groups attached to an aromatic ring is 1. The Morgan fingerprint density at radius 3 is 2.50 bits per heavy atom. The number of nitrogens with two attached hydrogens (primary N) is 1. The van der Waals surface area contributed by atoms with Gasteiger partial charge in [-0.3, -0.25) is 19.8 Å². The van der Waals surface area contributed by atoms with Gasteiger partial charge in [0.15, 0.2) is 17.3 Å². The smallest absolute Gasteiger partial charge is 0.379 e. The van der Waals surface area contributed by atoms with Crippen LogP contribution in [-0.2, 0) is 20.8 Å². The Hall–Kier alpha value is -4.15. The van der Waals surface area contributed by atoms with Crippen LogP contribution < -0.4 is 20.5 Å². The van der Waals surface area contributed by atoms with E-state index in [1.54, 1.807) is 0 Å². The van der Waals surface area contributed by atoms with Crippen LogP contribution in [0, 0.1) is 5.41 Å². The molecule has 1 heterocycles. The summed E-state index contributed by atoms with van der Waals surface area (Å²) in [5, 5.41) is 18.6. The quantitative estimate of drug-likeness (QED) is 0.171. The molecule has 0 aliphatic rings. The van der Waals surface area contributed by atoms with Gasteiger partial charge in [-0.05, 0) is 37.3 Å². The molecule has 0 spiro atoms. The summed E-state index contributed by atoms with van der Waals surface area (Å²) in [4.78, 5) is 46.6. The molecule has 0 aliphatic carbocycles. The number of hydrogen-bond donors (Lipinski definition) is 4. The molecule has 1 atom stereocenters. The minimum atomic E-state index is -1.20. The van der Waals surface area contributed by atoms with Crippen LogP contribution >= 0.6 is 0 Å². The Labute approximate surface area is 183 Å². The second kappa shape index (κ2) is 10.8. The standard InChI is InChI=1S/C21H23N3O8/c1-11(25)14(10-19(27)28)24-18(26)8-5-13-4-7-16(31-13)21(29)32-15-6-3-12(20(22)23)9-17(15)30-2/h3-4,6-7,9,14H,5,8,10H2,1-2H3,(H3,22,23)(H,24,26)(H,27,28)/t14-/m0/s1. The van der Waals surface area contributed by atoms with Crippen LogP contribution in [0.25, 0.3) is 0 Å². The summed E-state index contributed by atoms with van der Waals surface area (Å²) in [5.74, 6) is -2.63. The molecule has 5 N–H and O–H groups in total. The molecule has 32 heavy (non-hydrogen) atoms. The molecule has 0 fully saturated rings. The van der Waals surface area contributed by atoms with Gasteiger partial charge < -0.3 is 30.0 Å². The summed E-state index contributed by atoms with van der Waals surface area (Å²) in [7, 11) is 1.37. The highest BCUT2D eigenvalue weighted by Gasteiger charge is 2.21. The minimum Gasteiger partial charge on any atom is -0.493 e. The highest BCUT2D eigenvalue weighted by atomic mass is 16.6. The number of carbonyl (C=O) groups is 4. The van der Waals surface area contributed by atoms with Gasteiger partial charge in [-0.15, -0.1) is 0 Å². The third-order valence-corrected chi connectivity index (χ3v) is 4.34. The van der Waals surface area contributed by atoms with Crippen LogP contribution in [0.1, 0.15) is 41.6 Å². The number of hydrogen-bond acceptors (Lipinski definition) is 8. The van der Waals surface area contributed by atoms with Crippen LogP contribution in [0.5, 0.6) is 11.5 Å². The van der Waals surface area contributed by atoms with Gasteiger partial charge in [0.25, 0.3) is 0 Å². The number of ether oxygens (including phenoxy) is 2. The molecule has 0 saturated heterocycles. The zero-order chi connectivity index (χ0) is 23.8. The molecule has 0 radical (unpaired) electrons. The lowest BCUT2D eigenvalue weighted by molar-refractivity contribution is -0.139. The Balaban J connectivity index is 1.97. The van der Waals surface area contributed by atoms with Crippen LogP contribution in [0.3, 0.4) is 0 Å². The van der Waals surface area contributed by atoms with Crippen molar-refractivity contribution in [3.8, 4) is 11.5 Å². The van der Waals surface area contributed by atoms with Crippen LogP contribution in [0.2, 0.25) is 0 Å². The average Bonchev–Trinajstić information content (AvgIpc) is 3.20. The van der Waals surface area contributed by atoms with Crippen LogP contribution in [0.4, 0.5) is 0 Å². The van der Waals surface area contributed by atoms with Gasteiger partial charge in [0.05, 0.1) is 19.6 Å². The zero-order valence-corrected chi connectivity index (χ0v) is 17.5. The molecule has 1 amide bonds. The van der Waals surface area contributed by atoms with E-state index in [1.165, 1.54) is 44.4 Å². The molecule has 1 aromatic carbocycles. The first-order valence-corrected chi connectivity index (χ1v) is 9.45. The number of amides is 1. The molecule has 11 nitrogen and oxygen atoms in total. The normalized spacial score (nSPS) is 11.3. The van der Waals surface area contributed by atoms with Crippen molar-refractivity contribution >= 4 is 29.5 Å². The largest absolute Gasteiger partial charge is 0.493 e. The fourth-order valence-corrected chi connectivity index (χ4v) is 2.67. The van der Waals surface area contributed by atoms with Crippen LogP contribution in [-0.4, -0.2) is 47.7 Å². The first-order valence-electron chi connectivity index (χ1n) is 9.45. The van der Waals surface area contributed by atoms with Crippen molar-refractivity contribution < 1.29 is 38.2 Å². The van der Waals surface area contributed by atoms with Gasteiger partial charge in [0, 0.05) is 18.4 Å². The number of esters is 1. The Morgan fingerprint density at radius 2 is 1.91 bits per heavy atom. The van der Waals surface area contributed by atoms with E-state index in [2.05, 4.69) is 5.32 Å². The van der Waals surface area contributed by atoms with E-state index in [1.807, 2.05) is 0 Å². The van der Waals surface area contributed by atoms with Crippen molar-refractivity contribution in [2.75, 3.05) is 7.11 Å². The minimum absolute atomic E-state index is 0.0776. The van der Waals surface area contributed by atoms with Gasteiger partial charge in [0.2, 0.25) is 11.7 Å². The molecule has 11 heteroatoms. The maximum atomic E-state index is 12.4. The lowest BCUT2D eigenvalue weighted by Gasteiger charge is -2.13. The number of benzene rings is 1. The van der Waals surface area contributed by atoms with E-state index in [4.69, 9.17) is 30.1 Å². The summed E-state index contributed by atoms with van der Waals surface area (Å²) < 4.78 is 15.8. The number of methoxy groups -OCH3 is 1. The summed E-state index contributed by atoms with van der Waals surface area (Å²) in [5.41, 5.74) is 5.83. The van der Waals surface area contributed by atoms with Crippen molar-refractivity contribution in [3.05, 3.63) is 47.4 Å². The van der Waals surface area contributed by atoms with Gasteiger partial charge in [0.1, 0.15) is 11.6 Å². The molecular formula is C21H23N3O8. The average molecular weight is 445 g/mol. The van der Waals surface area contributed by atoms with Crippen LogP contribution in [0.15, 0.2) is 34.7 Å². The number of nitrogens with one attached hydrogen (secondary N) is 2. The number of Topliss-reactive ketones (excluding diaryl/α,β-unsaturated/α-hetero) is 1. The Bertz CT molecular complexity index is 1040. The van der Waals surface area contributed by atoms with E-state index in [0.29, 0.717) is 11.3 Å². The van der Waals surface area contributed by atoms with Gasteiger partial charge in [-0.2, -0.15) is 0 Å². The highest BCUT2D eigenvalue weighted by molar-refractivity contribution is 5.96. The number of carboxylic acids is 1. The number of amidine groups is 1. The molecule has 2 aromatic rings. The summed E-state index contributed by atoms with van der Waals surface area (Å²) in [6, 6.07) is 6.17. The second-order valence-corrected chi connectivity index (χ2v) is 6.76. The lowest BCUT2D eigenvalue weighted by Crippen LogP contribution is -2.41. The lowest BCUT2D eigenvalue weighted by atomic mass is 10.1. The van der Waals surface area contributed by atoms with Crippen molar-refractivity contribution in [2.45, 2.75) is 32.2 Å². The third kappa shape index (κ3) is 6.69. The van der Waals surface area contributed by atoms with Gasteiger partial charge in [-0.1, -0.05) is 0 Å². The predicted molar refractivity (Wildman–Crippen MR) is 111 cm³/mol. The molecule has 0 unspecified atom stereocenters. The second-order valence-electron chi connectivity index (χ2n) is 6.76. The molecule has 170 valence electrons. The molecule has 1 aromatic heterocycles. The van der Waals surface area contributed by atoms with E-state index in [-0.39, 0.29) is 35.9 Å². The van der Waals surface area contributed by atoms with Crippen molar-refractivity contribution in [2.24, 2.45) is 5.73 Å². The first-order chi connectivity index (χ1) is 15.1. The number of furan rings is 1. The first kappa shape index (κ1) is 24.1. The number of carbonyl (C=O) groups excluding carboxylic acids is 3. The Kier molecular flexibility index (Phi) is 8.11. The van der Waals surface area contributed by atoms with E-state index < -0.39 is 36.1 Å². The summed E-state index contributed by atoms with van der Waals surface area (Å²) in [6.07, 6.45) is -0.464. The van der Waals surface area contributed by atoms with Crippen molar-refractivity contribution in [3.63, 3.8) is 0 Å². The maximum absolute atomic E-state index is 12.4. The van der Waals surface area contributed by atoms with E-state index in [0.717, 1.165) is 0 Å². The molecule has 0 aliphatic heterocycles. The molecule has 0 saturated carbocycles. The number of aliphatic carboxylic acids is 1. The highest BCUT2D eigenvalue weighted by Crippen LogP contribution is 2.29. The van der Waals surface area contributed by atoms with E-state index >= 15 is 0 Å².